The number of rotatable bonds is 4. The molecule has 0 radical (unpaired) electrons. The molecule has 0 unspecified atom stereocenters. The minimum Gasteiger partial charge on any atom is -0.360 e. The Labute approximate surface area is 171 Å². The number of sulfonamides is 1. The predicted octanol–water partition coefficient (Wildman–Crippen LogP) is 1.83. The van der Waals surface area contributed by atoms with E-state index >= 15 is 0 Å². The van der Waals surface area contributed by atoms with E-state index in [0.717, 1.165) is 30.6 Å². The van der Waals surface area contributed by atoms with E-state index < -0.39 is 10.0 Å². The summed E-state index contributed by atoms with van der Waals surface area (Å²) in [4.78, 5) is 4.55. The van der Waals surface area contributed by atoms with Crippen LogP contribution in [0.15, 0.2) is 21.6 Å². The van der Waals surface area contributed by atoms with Crippen LogP contribution in [-0.2, 0) is 10.0 Å². The van der Waals surface area contributed by atoms with Crippen LogP contribution < -0.4 is 9.80 Å². The number of aromatic nitrogens is 3. The molecule has 0 amide bonds. The SMILES string of the molecule is Cc1noc(C)c1S(=O)(=O)N1CCN(c2ccc(N3CCC(C)CC3)nn2)CC1. The normalized spacial score (nSPS) is 19.7. The first kappa shape index (κ1) is 20.1. The van der Waals surface area contributed by atoms with Crippen LogP contribution in [-0.4, -0.2) is 67.3 Å². The van der Waals surface area contributed by atoms with Gasteiger partial charge in [0, 0.05) is 39.3 Å². The molecule has 0 N–H and O–H groups in total. The second-order valence-corrected chi connectivity index (χ2v) is 9.84. The minimum atomic E-state index is -3.60. The van der Waals surface area contributed by atoms with Gasteiger partial charge in [0.05, 0.1) is 0 Å². The number of piperidine rings is 1. The van der Waals surface area contributed by atoms with Gasteiger partial charge in [-0.25, -0.2) is 8.42 Å². The molecule has 158 valence electrons. The lowest BCUT2D eigenvalue weighted by atomic mass is 9.99. The Morgan fingerprint density at radius 2 is 1.48 bits per heavy atom. The molecule has 2 fully saturated rings. The van der Waals surface area contributed by atoms with Crippen molar-refractivity contribution in [3.05, 3.63) is 23.6 Å². The number of piperazine rings is 1. The third kappa shape index (κ3) is 3.95. The van der Waals surface area contributed by atoms with Gasteiger partial charge >= 0.3 is 0 Å². The largest absolute Gasteiger partial charge is 0.360 e. The van der Waals surface area contributed by atoms with Crippen LogP contribution >= 0.6 is 0 Å². The van der Waals surface area contributed by atoms with E-state index in [1.807, 2.05) is 12.1 Å². The average Bonchev–Trinajstić information content (AvgIpc) is 3.08. The molecule has 0 saturated carbocycles. The Morgan fingerprint density at radius 1 is 0.931 bits per heavy atom. The summed E-state index contributed by atoms with van der Waals surface area (Å²) in [5.74, 6) is 2.81. The summed E-state index contributed by atoms with van der Waals surface area (Å²) in [6.45, 7) is 9.52. The number of nitrogens with zero attached hydrogens (tertiary/aromatic N) is 6. The van der Waals surface area contributed by atoms with Gasteiger partial charge in [-0.15, -0.1) is 10.2 Å². The van der Waals surface area contributed by atoms with Crippen molar-refractivity contribution in [3.63, 3.8) is 0 Å². The van der Waals surface area contributed by atoms with Crippen LogP contribution in [0, 0.1) is 19.8 Å². The fourth-order valence-electron chi connectivity index (χ4n) is 4.02. The maximum atomic E-state index is 12.9. The molecule has 0 bridgehead atoms. The lowest BCUT2D eigenvalue weighted by Gasteiger charge is -2.34. The number of anilines is 2. The van der Waals surface area contributed by atoms with Crippen LogP contribution in [0.1, 0.15) is 31.2 Å². The van der Waals surface area contributed by atoms with E-state index in [-0.39, 0.29) is 4.90 Å². The van der Waals surface area contributed by atoms with E-state index in [1.54, 1.807) is 13.8 Å². The summed E-state index contributed by atoms with van der Waals surface area (Å²) in [5.41, 5.74) is 0.401. The molecule has 29 heavy (non-hydrogen) atoms. The molecule has 10 heteroatoms. The fourth-order valence-corrected chi connectivity index (χ4v) is 5.74. The van der Waals surface area contributed by atoms with Gasteiger partial charge in [0.1, 0.15) is 10.6 Å². The summed E-state index contributed by atoms with van der Waals surface area (Å²) in [6.07, 6.45) is 2.37. The van der Waals surface area contributed by atoms with Gasteiger partial charge in [-0.2, -0.15) is 4.31 Å². The molecule has 4 rings (SSSR count). The monoisotopic (exact) mass is 420 g/mol. The van der Waals surface area contributed by atoms with Gasteiger partial charge in [0.2, 0.25) is 10.0 Å². The summed E-state index contributed by atoms with van der Waals surface area (Å²) >= 11 is 0. The molecule has 0 aromatic carbocycles. The zero-order valence-corrected chi connectivity index (χ0v) is 18.0. The molecular weight excluding hydrogens is 392 g/mol. The van der Waals surface area contributed by atoms with Crippen molar-refractivity contribution in [1.82, 2.24) is 19.7 Å². The van der Waals surface area contributed by atoms with Crippen LogP contribution in [0.3, 0.4) is 0 Å². The van der Waals surface area contributed by atoms with E-state index in [1.165, 1.54) is 17.1 Å². The van der Waals surface area contributed by atoms with Crippen LogP contribution in [0.5, 0.6) is 0 Å². The highest BCUT2D eigenvalue weighted by molar-refractivity contribution is 7.89. The molecule has 0 atom stereocenters. The highest BCUT2D eigenvalue weighted by atomic mass is 32.2. The maximum absolute atomic E-state index is 12.9. The minimum absolute atomic E-state index is 0.186. The van der Waals surface area contributed by atoms with E-state index in [0.29, 0.717) is 37.6 Å². The predicted molar refractivity (Wildman–Crippen MR) is 110 cm³/mol. The van der Waals surface area contributed by atoms with Crippen LogP contribution in [0.25, 0.3) is 0 Å². The Morgan fingerprint density at radius 3 is 1.97 bits per heavy atom. The Kier molecular flexibility index (Phi) is 5.48. The smallest absolute Gasteiger partial charge is 0.248 e. The lowest BCUT2D eigenvalue weighted by Crippen LogP contribution is -2.49. The highest BCUT2D eigenvalue weighted by Gasteiger charge is 2.33. The quantitative estimate of drug-likeness (QED) is 0.739. The van der Waals surface area contributed by atoms with Crippen LogP contribution in [0.2, 0.25) is 0 Å². The highest BCUT2D eigenvalue weighted by Crippen LogP contribution is 2.26. The first-order valence-corrected chi connectivity index (χ1v) is 11.6. The molecule has 0 spiro atoms. The first-order valence-electron chi connectivity index (χ1n) is 10.1. The van der Waals surface area contributed by atoms with E-state index in [9.17, 15) is 8.42 Å². The molecule has 0 aliphatic carbocycles. The van der Waals surface area contributed by atoms with E-state index in [4.69, 9.17) is 4.52 Å². The van der Waals surface area contributed by atoms with Gasteiger partial charge < -0.3 is 14.3 Å². The van der Waals surface area contributed by atoms with E-state index in [2.05, 4.69) is 32.1 Å². The zero-order valence-electron chi connectivity index (χ0n) is 17.2. The third-order valence-corrected chi connectivity index (χ3v) is 8.02. The van der Waals surface area contributed by atoms with Gasteiger partial charge in [0.25, 0.3) is 0 Å². The van der Waals surface area contributed by atoms with Gasteiger partial charge in [-0.05, 0) is 44.7 Å². The van der Waals surface area contributed by atoms with Crippen molar-refractivity contribution in [1.29, 1.82) is 0 Å². The molecular formula is C19H28N6O3S. The number of hydrogen-bond donors (Lipinski definition) is 0. The average molecular weight is 421 g/mol. The molecule has 4 heterocycles. The molecule has 2 aliphatic heterocycles. The maximum Gasteiger partial charge on any atom is 0.248 e. The van der Waals surface area contributed by atoms with Crippen molar-refractivity contribution in [2.75, 3.05) is 49.1 Å². The lowest BCUT2D eigenvalue weighted by molar-refractivity contribution is 0.377. The Balaban J connectivity index is 1.40. The molecule has 2 saturated heterocycles. The third-order valence-electron chi connectivity index (χ3n) is 5.87. The molecule has 2 aromatic rings. The van der Waals surface area contributed by atoms with Gasteiger partial charge in [0.15, 0.2) is 17.4 Å². The number of hydrogen-bond acceptors (Lipinski definition) is 8. The van der Waals surface area contributed by atoms with Crippen molar-refractivity contribution in [3.8, 4) is 0 Å². The van der Waals surface area contributed by atoms with Crippen molar-refractivity contribution in [2.45, 2.75) is 38.5 Å². The van der Waals surface area contributed by atoms with Crippen molar-refractivity contribution in [2.24, 2.45) is 5.92 Å². The topological polar surface area (TPSA) is 95.7 Å². The van der Waals surface area contributed by atoms with Crippen molar-refractivity contribution >= 4 is 21.7 Å². The summed E-state index contributed by atoms with van der Waals surface area (Å²) < 4.78 is 32.4. The summed E-state index contributed by atoms with van der Waals surface area (Å²) in [6, 6.07) is 4.00. The molecule has 2 aliphatic rings. The summed E-state index contributed by atoms with van der Waals surface area (Å²) in [5, 5.41) is 12.6. The number of aryl methyl sites for hydroxylation is 2. The Hall–Kier alpha value is -2.20. The second-order valence-electron chi connectivity index (χ2n) is 7.96. The Bertz CT molecular complexity index is 923. The molecule has 9 nitrogen and oxygen atoms in total. The zero-order chi connectivity index (χ0) is 20.6. The second kappa shape index (κ2) is 7.91. The fraction of sp³-hybridized carbons (Fsp3) is 0.632. The molecule has 2 aromatic heterocycles. The van der Waals surface area contributed by atoms with Gasteiger partial charge in [-0.3, -0.25) is 0 Å². The first-order chi connectivity index (χ1) is 13.9. The van der Waals surface area contributed by atoms with Crippen LogP contribution in [0.4, 0.5) is 11.6 Å². The standard InChI is InChI=1S/C19H28N6O3S/c1-14-6-8-23(9-7-14)17-4-5-18(21-20-17)24-10-12-25(13-11-24)29(26,27)19-15(2)22-28-16(19)3/h4-5,14H,6-13H2,1-3H3. The van der Waals surface area contributed by atoms with Crippen molar-refractivity contribution < 1.29 is 12.9 Å². The van der Waals surface area contributed by atoms with Gasteiger partial charge in [-0.1, -0.05) is 12.1 Å². The summed E-state index contributed by atoms with van der Waals surface area (Å²) in [7, 11) is -3.60.